The molecule has 98 valence electrons. The standard InChI is InChI=1S/C15H21NO2/c17-11-13-7-4-8-14(13)16-15(18)10-9-12-5-2-1-3-6-12/h1-3,5-6,13-14,17H,4,7-11H2,(H,16,18). The zero-order valence-electron chi connectivity index (χ0n) is 10.6. The van der Waals surface area contributed by atoms with E-state index >= 15 is 0 Å². The Kier molecular flexibility index (Phi) is 4.76. The predicted octanol–water partition coefficient (Wildman–Crippen LogP) is 1.90. The molecule has 3 nitrogen and oxygen atoms in total. The zero-order chi connectivity index (χ0) is 12.8. The van der Waals surface area contributed by atoms with Crippen LogP contribution >= 0.6 is 0 Å². The van der Waals surface area contributed by atoms with Crippen LogP contribution < -0.4 is 5.32 Å². The maximum atomic E-state index is 11.8. The molecule has 1 aliphatic carbocycles. The van der Waals surface area contributed by atoms with Crippen LogP contribution in [0.4, 0.5) is 0 Å². The Hall–Kier alpha value is -1.35. The van der Waals surface area contributed by atoms with Crippen molar-refractivity contribution in [3.63, 3.8) is 0 Å². The van der Waals surface area contributed by atoms with Gasteiger partial charge in [0.05, 0.1) is 0 Å². The Bertz CT molecular complexity index is 377. The Balaban J connectivity index is 1.75. The van der Waals surface area contributed by atoms with Crippen molar-refractivity contribution in [1.82, 2.24) is 5.32 Å². The summed E-state index contributed by atoms with van der Waals surface area (Å²) in [7, 11) is 0. The van der Waals surface area contributed by atoms with Crippen LogP contribution in [-0.4, -0.2) is 23.7 Å². The molecule has 2 rings (SSSR count). The lowest BCUT2D eigenvalue weighted by Gasteiger charge is -2.18. The van der Waals surface area contributed by atoms with E-state index < -0.39 is 0 Å². The molecule has 1 aliphatic rings. The molecular formula is C15H21NO2. The normalized spacial score (nSPS) is 22.9. The highest BCUT2D eigenvalue weighted by atomic mass is 16.3. The van der Waals surface area contributed by atoms with E-state index in [2.05, 4.69) is 5.32 Å². The topological polar surface area (TPSA) is 49.3 Å². The van der Waals surface area contributed by atoms with Crippen LogP contribution in [0.15, 0.2) is 30.3 Å². The Morgan fingerprint density at radius 1 is 1.28 bits per heavy atom. The summed E-state index contributed by atoms with van der Waals surface area (Å²) >= 11 is 0. The van der Waals surface area contributed by atoms with E-state index in [1.165, 1.54) is 5.56 Å². The van der Waals surface area contributed by atoms with Gasteiger partial charge in [-0.2, -0.15) is 0 Å². The molecule has 0 bridgehead atoms. The number of aliphatic hydroxyl groups excluding tert-OH is 1. The van der Waals surface area contributed by atoms with Gasteiger partial charge in [0.1, 0.15) is 0 Å². The van der Waals surface area contributed by atoms with Gasteiger partial charge in [-0.3, -0.25) is 4.79 Å². The van der Waals surface area contributed by atoms with E-state index in [9.17, 15) is 9.90 Å². The Morgan fingerprint density at radius 2 is 2.06 bits per heavy atom. The molecule has 1 fully saturated rings. The molecule has 3 heteroatoms. The van der Waals surface area contributed by atoms with Gasteiger partial charge in [0.2, 0.25) is 5.91 Å². The van der Waals surface area contributed by atoms with Crippen molar-refractivity contribution < 1.29 is 9.90 Å². The van der Waals surface area contributed by atoms with Crippen LogP contribution in [0.3, 0.4) is 0 Å². The first-order chi connectivity index (χ1) is 8.79. The molecular weight excluding hydrogens is 226 g/mol. The molecule has 0 saturated heterocycles. The molecule has 1 saturated carbocycles. The number of aliphatic hydroxyl groups is 1. The third-order valence-electron chi connectivity index (χ3n) is 3.72. The van der Waals surface area contributed by atoms with Crippen molar-refractivity contribution in [3.05, 3.63) is 35.9 Å². The summed E-state index contributed by atoms with van der Waals surface area (Å²) in [6, 6.07) is 10.2. The van der Waals surface area contributed by atoms with Gasteiger partial charge in [-0.15, -0.1) is 0 Å². The number of rotatable bonds is 5. The van der Waals surface area contributed by atoms with E-state index in [4.69, 9.17) is 0 Å². The lowest BCUT2D eigenvalue weighted by molar-refractivity contribution is -0.122. The van der Waals surface area contributed by atoms with Crippen molar-refractivity contribution >= 4 is 5.91 Å². The van der Waals surface area contributed by atoms with Crippen molar-refractivity contribution in [2.75, 3.05) is 6.61 Å². The molecule has 2 unspecified atom stereocenters. The van der Waals surface area contributed by atoms with Crippen molar-refractivity contribution in [3.8, 4) is 0 Å². The first-order valence-corrected chi connectivity index (χ1v) is 6.73. The van der Waals surface area contributed by atoms with E-state index in [0.717, 1.165) is 25.7 Å². The maximum Gasteiger partial charge on any atom is 0.220 e. The van der Waals surface area contributed by atoms with Gasteiger partial charge in [0.15, 0.2) is 0 Å². The molecule has 18 heavy (non-hydrogen) atoms. The summed E-state index contributed by atoms with van der Waals surface area (Å²) in [6.45, 7) is 0.184. The van der Waals surface area contributed by atoms with E-state index in [0.29, 0.717) is 6.42 Å². The molecule has 0 aromatic heterocycles. The summed E-state index contributed by atoms with van der Waals surface area (Å²) in [5.74, 6) is 0.356. The first kappa shape index (κ1) is 13.1. The van der Waals surface area contributed by atoms with Gasteiger partial charge in [-0.1, -0.05) is 36.8 Å². The number of carbonyl (C=O) groups excluding carboxylic acids is 1. The van der Waals surface area contributed by atoms with E-state index in [1.54, 1.807) is 0 Å². The monoisotopic (exact) mass is 247 g/mol. The van der Waals surface area contributed by atoms with Crippen LogP contribution in [0.2, 0.25) is 0 Å². The predicted molar refractivity (Wildman–Crippen MR) is 71.1 cm³/mol. The Morgan fingerprint density at radius 3 is 2.78 bits per heavy atom. The van der Waals surface area contributed by atoms with Crippen LogP contribution in [0.25, 0.3) is 0 Å². The van der Waals surface area contributed by atoms with Gasteiger partial charge in [-0.05, 0) is 24.8 Å². The number of hydrogen-bond donors (Lipinski definition) is 2. The summed E-state index contributed by atoms with van der Waals surface area (Å²) in [6.07, 6.45) is 4.44. The summed E-state index contributed by atoms with van der Waals surface area (Å²) in [4.78, 5) is 11.8. The first-order valence-electron chi connectivity index (χ1n) is 6.73. The highest BCUT2D eigenvalue weighted by molar-refractivity contribution is 5.76. The minimum absolute atomic E-state index is 0.101. The van der Waals surface area contributed by atoms with E-state index in [1.807, 2.05) is 30.3 Å². The molecule has 2 atom stereocenters. The molecule has 1 amide bonds. The van der Waals surface area contributed by atoms with Gasteiger partial charge in [0.25, 0.3) is 0 Å². The van der Waals surface area contributed by atoms with Crippen molar-refractivity contribution in [1.29, 1.82) is 0 Å². The maximum absolute atomic E-state index is 11.8. The number of benzene rings is 1. The number of nitrogens with one attached hydrogen (secondary N) is 1. The molecule has 0 spiro atoms. The van der Waals surface area contributed by atoms with E-state index in [-0.39, 0.29) is 24.5 Å². The van der Waals surface area contributed by atoms with Crippen LogP contribution in [-0.2, 0) is 11.2 Å². The summed E-state index contributed by atoms with van der Waals surface area (Å²) in [5.41, 5.74) is 1.19. The van der Waals surface area contributed by atoms with Gasteiger partial charge in [0, 0.05) is 25.0 Å². The zero-order valence-corrected chi connectivity index (χ0v) is 10.6. The lowest BCUT2D eigenvalue weighted by atomic mass is 10.0. The average Bonchev–Trinajstić information content (AvgIpc) is 2.85. The molecule has 0 radical (unpaired) electrons. The minimum Gasteiger partial charge on any atom is -0.396 e. The average molecular weight is 247 g/mol. The summed E-state index contributed by atoms with van der Waals surface area (Å²) in [5, 5.41) is 12.3. The third kappa shape index (κ3) is 3.57. The fraction of sp³-hybridized carbons (Fsp3) is 0.533. The molecule has 0 heterocycles. The summed E-state index contributed by atoms with van der Waals surface area (Å²) < 4.78 is 0. The fourth-order valence-electron chi connectivity index (χ4n) is 2.63. The number of amides is 1. The SMILES string of the molecule is O=C(CCc1ccccc1)NC1CCCC1CO. The second-order valence-electron chi connectivity index (χ2n) is 5.03. The van der Waals surface area contributed by atoms with Crippen molar-refractivity contribution in [2.24, 2.45) is 5.92 Å². The largest absolute Gasteiger partial charge is 0.396 e. The number of aryl methyl sites for hydroxylation is 1. The van der Waals surface area contributed by atoms with Crippen molar-refractivity contribution in [2.45, 2.75) is 38.1 Å². The molecule has 1 aromatic rings. The van der Waals surface area contributed by atoms with Crippen LogP contribution in [0.5, 0.6) is 0 Å². The Labute approximate surface area is 108 Å². The molecule has 1 aromatic carbocycles. The third-order valence-corrected chi connectivity index (χ3v) is 3.72. The van der Waals surface area contributed by atoms with Crippen LogP contribution in [0, 0.1) is 5.92 Å². The molecule has 0 aliphatic heterocycles. The number of carbonyl (C=O) groups is 1. The second kappa shape index (κ2) is 6.55. The lowest BCUT2D eigenvalue weighted by Crippen LogP contribution is -2.38. The number of hydrogen-bond acceptors (Lipinski definition) is 2. The highest BCUT2D eigenvalue weighted by Gasteiger charge is 2.27. The van der Waals surface area contributed by atoms with Crippen LogP contribution in [0.1, 0.15) is 31.2 Å². The van der Waals surface area contributed by atoms with Gasteiger partial charge in [-0.25, -0.2) is 0 Å². The van der Waals surface area contributed by atoms with Gasteiger partial charge >= 0.3 is 0 Å². The quantitative estimate of drug-likeness (QED) is 0.835. The minimum atomic E-state index is 0.101. The fourth-order valence-corrected chi connectivity index (χ4v) is 2.63. The molecule has 2 N–H and O–H groups in total. The smallest absolute Gasteiger partial charge is 0.220 e. The van der Waals surface area contributed by atoms with Gasteiger partial charge < -0.3 is 10.4 Å². The highest BCUT2D eigenvalue weighted by Crippen LogP contribution is 2.25. The second-order valence-corrected chi connectivity index (χ2v) is 5.03.